The Morgan fingerprint density at radius 3 is 2.62 bits per heavy atom. The summed E-state index contributed by atoms with van der Waals surface area (Å²) in [6.45, 7) is 4.16. The van der Waals surface area contributed by atoms with Crippen molar-refractivity contribution in [1.29, 1.82) is 0 Å². The molecule has 0 spiro atoms. The van der Waals surface area contributed by atoms with Crippen LogP contribution >= 0.6 is 0 Å². The summed E-state index contributed by atoms with van der Waals surface area (Å²) in [4.78, 5) is 0. The van der Waals surface area contributed by atoms with Gasteiger partial charge >= 0.3 is 61.0 Å². The summed E-state index contributed by atoms with van der Waals surface area (Å²) in [5.41, 5.74) is 0. The van der Waals surface area contributed by atoms with Crippen LogP contribution in [0.2, 0.25) is 0 Å². The Morgan fingerprint density at radius 1 is 1.62 bits per heavy atom. The number of hydrogen-bond acceptors (Lipinski definition) is 0. The molecular formula is C7H11Ru. The average molecular weight is 196 g/mol. The Labute approximate surface area is 61.3 Å². The van der Waals surface area contributed by atoms with Gasteiger partial charge in [0, 0.05) is 0 Å². The van der Waals surface area contributed by atoms with Crippen LogP contribution < -0.4 is 0 Å². The molecule has 0 saturated carbocycles. The van der Waals surface area contributed by atoms with Crippen molar-refractivity contribution >= 4 is 0 Å². The zero-order valence-corrected chi connectivity index (χ0v) is 7.03. The fraction of sp³-hybridized carbons (Fsp3) is 0.429. The fourth-order valence-corrected chi connectivity index (χ4v) is 0.483. The predicted octanol–water partition coefficient (Wildman–Crippen LogP) is 2.40. The maximum absolute atomic E-state index is 2.61. The summed E-state index contributed by atoms with van der Waals surface area (Å²) in [5, 5.41) is 0. The summed E-state index contributed by atoms with van der Waals surface area (Å²) in [7, 11) is 0. The van der Waals surface area contributed by atoms with E-state index >= 15 is 0 Å². The van der Waals surface area contributed by atoms with E-state index in [1.54, 1.807) is 0 Å². The SMILES string of the molecule is CC=CC=[C]([Ru])CC. The summed E-state index contributed by atoms with van der Waals surface area (Å²) < 4.78 is 1.36. The molecular weight excluding hydrogens is 185 g/mol. The van der Waals surface area contributed by atoms with Gasteiger partial charge in [-0.1, -0.05) is 0 Å². The molecule has 0 N–H and O–H groups in total. The summed E-state index contributed by atoms with van der Waals surface area (Å²) in [6, 6.07) is 0. The van der Waals surface area contributed by atoms with Crippen LogP contribution in [0.3, 0.4) is 0 Å². The van der Waals surface area contributed by atoms with Crippen LogP contribution in [-0.2, 0) is 18.3 Å². The van der Waals surface area contributed by atoms with Crippen molar-refractivity contribution in [2.45, 2.75) is 20.3 Å². The molecule has 0 heterocycles. The molecule has 0 aromatic carbocycles. The van der Waals surface area contributed by atoms with Crippen molar-refractivity contribution in [2.24, 2.45) is 0 Å². The monoisotopic (exact) mass is 197 g/mol. The van der Waals surface area contributed by atoms with E-state index in [2.05, 4.69) is 37.4 Å². The van der Waals surface area contributed by atoms with E-state index in [0.717, 1.165) is 6.42 Å². The van der Waals surface area contributed by atoms with Crippen molar-refractivity contribution in [3.05, 3.63) is 22.4 Å². The second-order valence-electron chi connectivity index (χ2n) is 1.48. The van der Waals surface area contributed by atoms with E-state index in [0.29, 0.717) is 0 Å². The molecule has 0 aliphatic carbocycles. The molecule has 0 aromatic rings. The number of rotatable bonds is 2. The molecule has 8 heavy (non-hydrogen) atoms. The first-order valence-electron chi connectivity index (χ1n) is 2.77. The molecule has 0 bridgehead atoms. The summed E-state index contributed by atoms with van der Waals surface area (Å²) in [5.74, 6) is 0. The van der Waals surface area contributed by atoms with Crippen LogP contribution in [-0.4, -0.2) is 0 Å². The van der Waals surface area contributed by atoms with Crippen molar-refractivity contribution in [2.75, 3.05) is 0 Å². The Hall–Kier alpha value is 0.103. The van der Waals surface area contributed by atoms with Crippen molar-refractivity contribution in [3.63, 3.8) is 0 Å². The quantitative estimate of drug-likeness (QED) is 0.470. The van der Waals surface area contributed by atoms with Crippen LogP contribution in [0.1, 0.15) is 20.3 Å². The van der Waals surface area contributed by atoms with Crippen molar-refractivity contribution in [3.8, 4) is 0 Å². The van der Waals surface area contributed by atoms with E-state index in [-0.39, 0.29) is 0 Å². The van der Waals surface area contributed by atoms with Gasteiger partial charge in [0.05, 0.1) is 0 Å². The molecule has 0 aliphatic rings. The standard InChI is InChI=1S/C7H11.Ru/c1-3-5-7-6-4-2;/h3,5,7H,4H2,1-2H3;. The molecule has 0 nitrogen and oxygen atoms in total. The van der Waals surface area contributed by atoms with Gasteiger partial charge in [-0.05, 0) is 0 Å². The van der Waals surface area contributed by atoms with Crippen LogP contribution in [0.5, 0.6) is 0 Å². The van der Waals surface area contributed by atoms with Gasteiger partial charge in [0.2, 0.25) is 0 Å². The number of allylic oxidation sites excluding steroid dienone is 4. The first-order valence-corrected chi connectivity index (χ1v) is 3.64. The molecule has 47 valence electrons. The van der Waals surface area contributed by atoms with Gasteiger partial charge in [0.1, 0.15) is 0 Å². The van der Waals surface area contributed by atoms with Gasteiger partial charge in [0.15, 0.2) is 0 Å². The fourth-order valence-electron chi connectivity index (χ4n) is 0.316. The Bertz CT molecular complexity index is 101. The molecule has 0 fully saturated rings. The molecule has 0 saturated heterocycles. The Kier molecular flexibility index (Phi) is 5.31. The van der Waals surface area contributed by atoms with Crippen LogP contribution in [0.15, 0.2) is 22.4 Å². The van der Waals surface area contributed by atoms with Gasteiger partial charge in [-0.25, -0.2) is 0 Å². The van der Waals surface area contributed by atoms with E-state index in [1.165, 1.54) is 4.17 Å². The molecule has 0 atom stereocenters. The van der Waals surface area contributed by atoms with Crippen LogP contribution in [0.4, 0.5) is 0 Å². The van der Waals surface area contributed by atoms with E-state index in [1.807, 2.05) is 13.0 Å². The molecule has 0 aliphatic heterocycles. The van der Waals surface area contributed by atoms with E-state index < -0.39 is 0 Å². The average Bonchev–Trinajstić information content (AvgIpc) is 1.83. The molecule has 0 radical (unpaired) electrons. The van der Waals surface area contributed by atoms with Crippen LogP contribution in [0, 0.1) is 0 Å². The zero-order chi connectivity index (χ0) is 6.41. The molecule has 0 unspecified atom stereocenters. The molecule has 0 aromatic heterocycles. The topological polar surface area (TPSA) is 0 Å². The van der Waals surface area contributed by atoms with Gasteiger partial charge < -0.3 is 0 Å². The van der Waals surface area contributed by atoms with E-state index in [4.69, 9.17) is 0 Å². The van der Waals surface area contributed by atoms with Gasteiger partial charge in [-0.2, -0.15) is 0 Å². The predicted molar refractivity (Wildman–Crippen MR) is 33.2 cm³/mol. The minimum absolute atomic E-state index is 1.13. The van der Waals surface area contributed by atoms with Gasteiger partial charge in [0.25, 0.3) is 0 Å². The molecule has 0 amide bonds. The third kappa shape index (κ3) is 4.27. The van der Waals surface area contributed by atoms with Gasteiger partial charge in [-0.15, -0.1) is 0 Å². The van der Waals surface area contributed by atoms with Gasteiger partial charge in [-0.3, -0.25) is 0 Å². The third-order valence-electron chi connectivity index (χ3n) is 0.795. The van der Waals surface area contributed by atoms with Crippen molar-refractivity contribution in [1.82, 2.24) is 0 Å². The first-order chi connectivity index (χ1) is 3.81. The number of hydrogen-bond donors (Lipinski definition) is 0. The summed E-state index contributed by atoms with van der Waals surface area (Å²) in [6.07, 6.45) is 7.31. The first kappa shape index (κ1) is 8.10. The Morgan fingerprint density at radius 2 is 2.25 bits per heavy atom. The van der Waals surface area contributed by atoms with E-state index in [9.17, 15) is 0 Å². The summed E-state index contributed by atoms with van der Waals surface area (Å²) >= 11 is 2.61. The molecule has 1 heteroatoms. The Balaban J connectivity index is 3.57. The molecule has 0 rings (SSSR count). The van der Waals surface area contributed by atoms with Crippen molar-refractivity contribution < 1.29 is 18.3 Å². The zero-order valence-electron chi connectivity index (χ0n) is 5.29. The van der Waals surface area contributed by atoms with Crippen LogP contribution in [0.25, 0.3) is 0 Å². The second kappa shape index (κ2) is 5.24. The normalized spacial score (nSPS) is 13.1. The minimum atomic E-state index is 1.13. The second-order valence-corrected chi connectivity index (χ2v) is 2.59. The third-order valence-corrected chi connectivity index (χ3v) is 1.70. The maximum atomic E-state index is 2.61.